The second-order valence-electron chi connectivity index (χ2n) is 6.93. The van der Waals surface area contributed by atoms with E-state index in [1.54, 1.807) is 23.7 Å². The number of ether oxygens (including phenoxy) is 1. The average Bonchev–Trinajstić information content (AvgIpc) is 3.48. The van der Waals surface area contributed by atoms with Gasteiger partial charge in [-0.05, 0) is 54.5 Å². The summed E-state index contributed by atoms with van der Waals surface area (Å²) in [6.07, 6.45) is 2.11. The average molecular weight is 439 g/mol. The van der Waals surface area contributed by atoms with Gasteiger partial charge in [-0.1, -0.05) is 11.8 Å². The number of carbonyl (C=O) groups excluding carboxylic acids is 1. The molecule has 2 fully saturated rings. The minimum Gasteiger partial charge on any atom is -0.379 e. The number of tetrazole rings is 1. The number of hydrogen-bond acceptors (Lipinski definition) is 8. The van der Waals surface area contributed by atoms with Crippen LogP contribution in [-0.4, -0.2) is 70.4 Å². The number of nitrogens with zero attached hydrogens (tertiary/aromatic N) is 5. The van der Waals surface area contributed by atoms with Crippen molar-refractivity contribution in [1.29, 1.82) is 0 Å². The number of nitrogens with one attached hydrogen (secondary N) is 1. The first-order valence-electron chi connectivity index (χ1n) is 9.38. The van der Waals surface area contributed by atoms with E-state index in [4.69, 9.17) is 4.74 Å². The molecule has 1 aliphatic carbocycles. The lowest BCUT2D eigenvalue weighted by molar-refractivity contribution is -0.115. The summed E-state index contributed by atoms with van der Waals surface area (Å²) < 4.78 is 33.7. The summed E-state index contributed by atoms with van der Waals surface area (Å²) in [4.78, 5) is 12.7. The molecule has 1 saturated heterocycles. The van der Waals surface area contributed by atoms with Crippen molar-refractivity contribution in [2.75, 3.05) is 31.6 Å². The summed E-state index contributed by atoms with van der Waals surface area (Å²) in [5.41, 5.74) is 0.533. The zero-order valence-electron chi connectivity index (χ0n) is 15.9. The Morgan fingerprint density at radius 1 is 1.24 bits per heavy atom. The van der Waals surface area contributed by atoms with Gasteiger partial charge in [0.15, 0.2) is 0 Å². The number of amides is 1. The third-order valence-electron chi connectivity index (χ3n) is 4.74. The SMILES string of the molecule is CC(Sc1nnnn1C1CC1)C(=O)Nc1ccc(S(=O)(=O)N2CCOCC2)cc1. The maximum atomic E-state index is 12.7. The van der Waals surface area contributed by atoms with Gasteiger partial charge in [0.05, 0.1) is 29.4 Å². The van der Waals surface area contributed by atoms with Crippen molar-refractivity contribution in [3.63, 3.8) is 0 Å². The van der Waals surface area contributed by atoms with Gasteiger partial charge in [0.1, 0.15) is 0 Å². The second kappa shape index (κ2) is 8.38. The Kier molecular flexibility index (Phi) is 5.86. The van der Waals surface area contributed by atoms with E-state index in [2.05, 4.69) is 20.8 Å². The Bertz CT molecular complexity index is 968. The number of sulfonamides is 1. The van der Waals surface area contributed by atoms with E-state index >= 15 is 0 Å². The van der Waals surface area contributed by atoms with Crippen LogP contribution in [0.25, 0.3) is 0 Å². The smallest absolute Gasteiger partial charge is 0.243 e. The van der Waals surface area contributed by atoms with Gasteiger partial charge in [0.2, 0.25) is 21.1 Å². The highest BCUT2D eigenvalue weighted by Gasteiger charge is 2.30. The van der Waals surface area contributed by atoms with Crippen LogP contribution in [-0.2, 0) is 19.6 Å². The van der Waals surface area contributed by atoms with Crippen LogP contribution in [0.1, 0.15) is 25.8 Å². The number of morpholine rings is 1. The van der Waals surface area contributed by atoms with Crippen molar-refractivity contribution in [2.24, 2.45) is 0 Å². The number of anilines is 1. The Morgan fingerprint density at radius 3 is 2.59 bits per heavy atom. The lowest BCUT2D eigenvalue weighted by Gasteiger charge is -2.26. The van der Waals surface area contributed by atoms with Crippen LogP contribution < -0.4 is 5.32 Å². The highest BCUT2D eigenvalue weighted by molar-refractivity contribution is 8.00. The fourth-order valence-electron chi connectivity index (χ4n) is 2.91. The number of rotatable bonds is 7. The van der Waals surface area contributed by atoms with Crippen molar-refractivity contribution in [2.45, 2.75) is 41.1 Å². The molecular weight excluding hydrogens is 416 g/mol. The van der Waals surface area contributed by atoms with E-state index in [0.29, 0.717) is 43.2 Å². The van der Waals surface area contributed by atoms with Gasteiger partial charge in [-0.25, -0.2) is 13.1 Å². The van der Waals surface area contributed by atoms with E-state index in [0.717, 1.165) is 12.8 Å². The summed E-state index contributed by atoms with van der Waals surface area (Å²) >= 11 is 1.30. The summed E-state index contributed by atoms with van der Waals surface area (Å²) in [6, 6.07) is 6.54. The maximum absolute atomic E-state index is 12.7. The molecule has 2 aliphatic rings. The zero-order chi connectivity index (χ0) is 20.4. The third-order valence-corrected chi connectivity index (χ3v) is 7.70. The minimum atomic E-state index is -3.55. The normalized spacial score (nSPS) is 19.1. The predicted octanol–water partition coefficient (Wildman–Crippen LogP) is 1.15. The van der Waals surface area contributed by atoms with Gasteiger partial charge >= 0.3 is 0 Å². The molecule has 1 aromatic carbocycles. The number of carbonyl (C=O) groups is 1. The molecule has 2 heterocycles. The van der Waals surface area contributed by atoms with Gasteiger partial charge in [0, 0.05) is 18.8 Å². The Hall–Kier alpha value is -2.02. The Labute approximate surface area is 173 Å². The quantitative estimate of drug-likeness (QED) is 0.640. The third kappa shape index (κ3) is 4.60. The molecular formula is C17H22N6O4S2. The molecule has 156 valence electrons. The predicted molar refractivity (Wildman–Crippen MR) is 106 cm³/mol. The van der Waals surface area contributed by atoms with Crippen LogP contribution in [0.5, 0.6) is 0 Å². The van der Waals surface area contributed by atoms with Gasteiger partial charge in [-0.3, -0.25) is 4.79 Å². The molecule has 1 aliphatic heterocycles. The van der Waals surface area contributed by atoms with Gasteiger partial charge in [-0.15, -0.1) is 5.10 Å². The van der Waals surface area contributed by atoms with Crippen molar-refractivity contribution in [3.8, 4) is 0 Å². The second-order valence-corrected chi connectivity index (χ2v) is 10.2. The standard InChI is InChI=1S/C17H22N6O4S2/c1-12(28-17-19-20-21-23(17)14-4-5-14)16(24)18-13-2-6-15(7-3-13)29(25,26)22-8-10-27-11-9-22/h2-3,6-7,12,14H,4-5,8-11H2,1H3,(H,18,24). The van der Waals surface area contributed by atoms with Crippen LogP contribution in [0.4, 0.5) is 5.69 Å². The maximum Gasteiger partial charge on any atom is 0.243 e. The lowest BCUT2D eigenvalue weighted by Crippen LogP contribution is -2.40. The number of thioether (sulfide) groups is 1. The summed E-state index contributed by atoms with van der Waals surface area (Å²) in [6.45, 7) is 3.26. The molecule has 1 saturated carbocycles. The molecule has 1 aromatic heterocycles. The fourth-order valence-corrected chi connectivity index (χ4v) is 5.18. The van der Waals surface area contributed by atoms with E-state index < -0.39 is 15.3 Å². The summed E-state index contributed by atoms with van der Waals surface area (Å²) in [5.74, 6) is -0.205. The largest absolute Gasteiger partial charge is 0.379 e. The molecule has 12 heteroatoms. The molecule has 0 bridgehead atoms. The summed E-state index contributed by atoms with van der Waals surface area (Å²) in [5, 5.41) is 14.7. The minimum absolute atomic E-state index is 0.198. The first-order chi connectivity index (χ1) is 13.9. The van der Waals surface area contributed by atoms with Crippen LogP contribution in [0.2, 0.25) is 0 Å². The molecule has 1 atom stereocenters. The van der Waals surface area contributed by atoms with Crippen molar-refractivity contribution in [3.05, 3.63) is 24.3 Å². The fraction of sp³-hybridized carbons (Fsp3) is 0.529. The highest BCUT2D eigenvalue weighted by atomic mass is 32.2. The van der Waals surface area contributed by atoms with Crippen molar-refractivity contribution >= 4 is 33.4 Å². The number of hydrogen-bond donors (Lipinski definition) is 1. The molecule has 10 nitrogen and oxygen atoms in total. The van der Waals surface area contributed by atoms with E-state index in [1.165, 1.54) is 28.2 Å². The monoisotopic (exact) mass is 438 g/mol. The van der Waals surface area contributed by atoms with Crippen LogP contribution >= 0.6 is 11.8 Å². The summed E-state index contributed by atoms with van der Waals surface area (Å²) in [7, 11) is -3.55. The topological polar surface area (TPSA) is 119 Å². The van der Waals surface area contributed by atoms with E-state index in [9.17, 15) is 13.2 Å². The van der Waals surface area contributed by atoms with E-state index in [1.807, 2.05) is 0 Å². The molecule has 4 rings (SSSR count). The molecule has 0 radical (unpaired) electrons. The Morgan fingerprint density at radius 2 is 1.93 bits per heavy atom. The van der Waals surface area contributed by atoms with Crippen LogP contribution in [0.3, 0.4) is 0 Å². The molecule has 2 aromatic rings. The Balaban J connectivity index is 1.37. The molecule has 29 heavy (non-hydrogen) atoms. The first-order valence-corrected chi connectivity index (χ1v) is 11.7. The zero-order valence-corrected chi connectivity index (χ0v) is 17.5. The number of aromatic nitrogens is 4. The van der Waals surface area contributed by atoms with Gasteiger partial charge in [-0.2, -0.15) is 4.31 Å². The first kappa shape index (κ1) is 20.3. The number of benzene rings is 1. The lowest BCUT2D eigenvalue weighted by atomic mass is 10.3. The van der Waals surface area contributed by atoms with Crippen LogP contribution in [0.15, 0.2) is 34.3 Å². The van der Waals surface area contributed by atoms with Crippen molar-refractivity contribution < 1.29 is 17.9 Å². The molecule has 1 N–H and O–H groups in total. The molecule has 1 amide bonds. The highest BCUT2D eigenvalue weighted by Crippen LogP contribution is 2.37. The van der Waals surface area contributed by atoms with Crippen molar-refractivity contribution in [1.82, 2.24) is 24.5 Å². The van der Waals surface area contributed by atoms with Gasteiger partial charge < -0.3 is 10.1 Å². The van der Waals surface area contributed by atoms with Crippen LogP contribution in [0, 0.1) is 0 Å². The molecule has 0 spiro atoms. The van der Waals surface area contributed by atoms with Gasteiger partial charge in [0.25, 0.3) is 0 Å². The molecule has 1 unspecified atom stereocenters. The van der Waals surface area contributed by atoms with E-state index in [-0.39, 0.29) is 10.8 Å².